The highest BCUT2D eigenvalue weighted by Crippen LogP contribution is 2.31. The first-order valence-electron chi connectivity index (χ1n) is 12.6. The second kappa shape index (κ2) is 12.1. The number of ether oxygens (including phenoxy) is 3. The van der Waals surface area contributed by atoms with Crippen LogP contribution in [0.1, 0.15) is 35.6 Å². The van der Waals surface area contributed by atoms with Crippen molar-refractivity contribution in [2.75, 3.05) is 31.3 Å². The summed E-state index contributed by atoms with van der Waals surface area (Å²) in [6, 6.07) is 21.5. The molecule has 3 aromatic rings. The summed E-state index contributed by atoms with van der Waals surface area (Å²) in [6.07, 6.45) is 3.11. The monoisotopic (exact) mass is 496 g/mol. The Morgan fingerprint density at radius 2 is 1.73 bits per heavy atom. The largest absolute Gasteiger partial charge is 0.493 e. The second-order valence-electron chi connectivity index (χ2n) is 9.02. The summed E-state index contributed by atoms with van der Waals surface area (Å²) in [6.45, 7) is 8.06. The van der Waals surface area contributed by atoms with Crippen molar-refractivity contribution >= 4 is 17.7 Å². The van der Waals surface area contributed by atoms with E-state index < -0.39 is 0 Å². The fraction of sp³-hybridized carbons (Fsp3) is 0.290. The van der Waals surface area contributed by atoms with Crippen molar-refractivity contribution in [2.45, 2.75) is 33.6 Å². The maximum absolute atomic E-state index is 13.1. The molecule has 1 heterocycles. The van der Waals surface area contributed by atoms with Gasteiger partial charge in [0.05, 0.1) is 19.8 Å². The molecule has 0 aromatic heterocycles. The van der Waals surface area contributed by atoms with Gasteiger partial charge in [-0.1, -0.05) is 30.3 Å². The highest BCUT2D eigenvalue weighted by molar-refractivity contribution is 6.12. The van der Waals surface area contributed by atoms with Gasteiger partial charge in [-0.2, -0.15) is 5.26 Å². The van der Waals surface area contributed by atoms with Crippen LogP contribution in [0.15, 0.2) is 66.2 Å². The van der Waals surface area contributed by atoms with E-state index in [4.69, 9.17) is 14.2 Å². The molecular formula is C31H32N2O4. The SMILES string of the molecule is CCOc1cc(C=C(C#N)C(=O)N2CCc3ccccc32)ccc1OCCCOc1cc(C)cc(C)c1. The standard InChI is InChI=1S/C31H32N2O4/c1-4-35-30-20-24(19-26(21-32)31(34)33-13-12-25-8-5-6-9-28(25)33)10-11-29(30)37-15-7-14-36-27-17-22(2)16-23(3)18-27/h5-6,8-11,16-20H,4,7,12-15H2,1-3H3. The summed E-state index contributed by atoms with van der Waals surface area (Å²) in [5.74, 6) is 1.75. The molecule has 0 saturated carbocycles. The van der Waals surface area contributed by atoms with Gasteiger partial charge in [0.25, 0.3) is 5.91 Å². The average Bonchev–Trinajstić information content (AvgIpc) is 3.31. The number of rotatable bonds is 10. The van der Waals surface area contributed by atoms with Crippen molar-refractivity contribution in [2.24, 2.45) is 0 Å². The third-order valence-electron chi connectivity index (χ3n) is 6.07. The number of carbonyl (C=O) groups is 1. The molecule has 1 aliphatic heterocycles. The number of carbonyl (C=O) groups excluding carboxylic acids is 1. The van der Waals surface area contributed by atoms with Crippen LogP contribution in [-0.4, -0.2) is 32.3 Å². The van der Waals surface area contributed by atoms with E-state index in [1.54, 1.807) is 17.0 Å². The quantitative estimate of drug-likeness (QED) is 0.194. The lowest BCUT2D eigenvalue weighted by atomic mass is 10.1. The van der Waals surface area contributed by atoms with Crippen molar-refractivity contribution in [3.63, 3.8) is 0 Å². The molecule has 0 atom stereocenters. The smallest absolute Gasteiger partial charge is 0.268 e. The Hall–Kier alpha value is -4.24. The number of anilines is 1. The van der Waals surface area contributed by atoms with Crippen LogP contribution in [0.25, 0.3) is 6.08 Å². The summed E-state index contributed by atoms with van der Waals surface area (Å²) in [5.41, 5.74) is 5.12. The molecule has 0 N–H and O–H groups in total. The maximum Gasteiger partial charge on any atom is 0.268 e. The average molecular weight is 497 g/mol. The highest BCUT2D eigenvalue weighted by Gasteiger charge is 2.26. The van der Waals surface area contributed by atoms with Crippen molar-refractivity contribution in [1.82, 2.24) is 0 Å². The van der Waals surface area contributed by atoms with Gasteiger partial charge < -0.3 is 19.1 Å². The van der Waals surface area contributed by atoms with Crippen LogP contribution < -0.4 is 19.1 Å². The van der Waals surface area contributed by atoms with Crippen LogP contribution >= 0.6 is 0 Å². The molecule has 190 valence electrons. The van der Waals surface area contributed by atoms with Crippen LogP contribution in [0.4, 0.5) is 5.69 Å². The number of benzene rings is 3. The Labute approximate surface area is 218 Å². The number of aryl methyl sites for hydroxylation is 2. The molecule has 0 unspecified atom stereocenters. The van der Waals surface area contributed by atoms with Gasteiger partial charge in [-0.15, -0.1) is 0 Å². The summed E-state index contributed by atoms with van der Waals surface area (Å²) < 4.78 is 17.6. The number of para-hydroxylation sites is 1. The molecule has 6 heteroatoms. The molecule has 37 heavy (non-hydrogen) atoms. The first kappa shape index (κ1) is 25.8. The molecule has 0 fully saturated rings. The first-order valence-corrected chi connectivity index (χ1v) is 12.6. The van der Waals surface area contributed by atoms with Crippen LogP contribution in [0.3, 0.4) is 0 Å². The molecule has 0 radical (unpaired) electrons. The third-order valence-corrected chi connectivity index (χ3v) is 6.07. The lowest BCUT2D eigenvalue weighted by Gasteiger charge is -2.17. The number of hydrogen-bond donors (Lipinski definition) is 0. The number of nitriles is 1. The Morgan fingerprint density at radius 1 is 0.973 bits per heavy atom. The summed E-state index contributed by atoms with van der Waals surface area (Å²) in [4.78, 5) is 14.8. The van der Waals surface area contributed by atoms with Crippen molar-refractivity contribution in [3.8, 4) is 23.3 Å². The van der Waals surface area contributed by atoms with Crippen LogP contribution in [0.2, 0.25) is 0 Å². The normalized spacial score (nSPS) is 12.6. The molecule has 6 nitrogen and oxygen atoms in total. The zero-order valence-electron chi connectivity index (χ0n) is 21.6. The van der Waals surface area contributed by atoms with Crippen molar-refractivity contribution in [3.05, 3.63) is 88.5 Å². The van der Waals surface area contributed by atoms with E-state index in [1.165, 1.54) is 11.1 Å². The summed E-state index contributed by atoms with van der Waals surface area (Å²) in [7, 11) is 0. The molecule has 4 rings (SSSR count). The molecule has 1 amide bonds. The molecule has 0 bridgehead atoms. The number of fused-ring (bicyclic) bond motifs is 1. The predicted molar refractivity (Wildman–Crippen MR) is 145 cm³/mol. The van der Waals surface area contributed by atoms with Gasteiger partial charge in [0.15, 0.2) is 11.5 Å². The minimum absolute atomic E-state index is 0.0800. The zero-order valence-corrected chi connectivity index (χ0v) is 21.6. The first-order chi connectivity index (χ1) is 18.0. The number of amides is 1. The predicted octanol–water partition coefficient (Wildman–Crippen LogP) is 6.05. The van der Waals surface area contributed by atoms with E-state index in [2.05, 4.69) is 26.0 Å². The Morgan fingerprint density at radius 3 is 2.49 bits per heavy atom. The third kappa shape index (κ3) is 6.50. The fourth-order valence-corrected chi connectivity index (χ4v) is 4.45. The zero-order chi connectivity index (χ0) is 26.2. The minimum atomic E-state index is -0.297. The van der Waals surface area contributed by atoms with Gasteiger partial charge in [0.1, 0.15) is 17.4 Å². The Balaban J connectivity index is 1.40. The lowest BCUT2D eigenvalue weighted by Crippen LogP contribution is -2.29. The maximum atomic E-state index is 13.1. The highest BCUT2D eigenvalue weighted by atomic mass is 16.5. The Kier molecular flexibility index (Phi) is 8.48. The minimum Gasteiger partial charge on any atom is -0.493 e. The van der Waals surface area contributed by atoms with Crippen LogP contribution in [0.5, 0.6) is 17.2 Å². The molecule has 0 saturated heterocycles. The van der Waals surface area contributed by atoms with Gasteiger partial charge in [-0.3, -0.25) is 4.79 Å². The summed E-state index contributed by atoms with van der Waals surface area (Å²) >= 11 is 0. The molecule has 0 spiro atoms. The van der Waals surface area contributed by atoms with Gasteiger partial charge in [0.2, 0.25) is 0 Å². The number of hydrogen-bond acceptors (Lipinski definition) is 5. The Bertz CT molecular complexity index is 1320. The van der Waals surface area contributed by atoms with Gasteiger partial charge in [0, 0.05) is 18.7 Å². The van der Waals surface area contributed by atoms with Gasteiger partial charge in [-0.05, 0) is 85.9 Å². The van der Waals surface area contributed by atoms with E-state index in [9.17, 15) is 10.1 Å². The van der Waals surface area contributed by atoms with Crippen LogP contribution in [0, 0.1) is 25.2 Å². The molecule has 0 aliphatic carbocycles. The van der Waals surface area contributed by atoms with Gasteiger partial charge >= 0.3 is 0 Å². The van der Waals surface area contributed by atoms with Crippen LogP contribution in [-0.2, 0) is 11.2 Å². The van der Waals surface area contributed by atoms with E-state index in [1.807, 2.05) is 55.5 Å². The van der Waals surface area contributed by atoms with Gasteiger partial charge in [-0.25, -0.2) is 0 Å². The topological polar surface area (TPSA) is 71.8 Å². The van der Waals surface area contributed by atoms with E-state index in [0.29, 0.717) is 49.8 Å². The summed E-state index contributed by atoms with van der Waals surface area (Å²) in [5, 5.41) is 9.74. The molecule has 1 aliphatic rings. The van der Waals surface area contributed by atoms with Crippen molar-refractivity contribution in [1.29, 1.82) is 5.26 Å². The number of nitrogens with zero attached hydrogens (tertiary/aromatic N) is 2. The lowest BCUT2D eigenvalue weighted by molar-refractivity contribution is -0.114. The molecular weight excluding hydrogens is 464 g/mol. The van der Waals surface area contributed by atoms with E-state index in [0.717, 1.165) is 23.4 Å². The van der Waals surface area contributed by atoms with E-state index >= 15 is 0 Å². The second-order valence-corrected chi connectivity index (χ2v) is 9.02. The molecule has 3 aromatic carbocycles. The van der Waals surface area contributed by atoms with Crippen molar-refractivity contribution < 1.29 is 19.0 Å². The fourth-order valence-electron chi connectivity index (χ4n) is 4.45. The van der Waals surface area contributed by atoms with E-state index in [-0.39, 0.29) is 11.5 Å².